The number of aromatic nitrogens is 2. The molecule has 1 fully saturated rings. The van der Waals surface area contributed by atoms with Gasteiger partial charge >= 0.3 is 0 Å². The van der Waals surface area contributed by atoms with E-state index in [4.69, 9.17) is 0 Å². The molecular formula is C23H24N4O2S. The highest BCUT2D eigenvalue weighted by Crippen LogP contribution is 2.35. The molecule has 0 spiro atoms. The van der Waals surface area contributed by atoms with E-state index in [1.165, 1.54) is 11.3 Å². The van der Waals surface area contributed by atoms with Gasteiger partial charge in [-0.3, -0.25) is 9.59 Å². The maximum atomic E-state index is 12.6. The molecule has 1 aromatic heterocycles. The maximum absolute atomic E-state index is 12.6. The van der Waals surface area contributed by atoms with Crippen LogP contribution in [0.5, 0.6) is 0 Å². The van der Waals surface area contributed by atoms with Crippen LogP contribution in [-0.4, -0.2) is 28.6 Å². The first kappa shape index (κ1) is 20.2. The van der Waals surface area contributed by atoms with Gasteiger partial charge < -0.3 is 10.2 Å². The number of rotatable bonds is 7. The Balaban J connectivity index is 1.37. The van der Waals surface area contributed by atoms with Gasteiger partial charge in [0, 0.05) is 31.0 Å². The molecule has 1 N–H and O–H groups in total. The van der Waals surface area contributed by atoms with Crippen molar-refractivity contribution in [3.63, 3.8) is 0 Å². The summed E-state index contributed by atoms with van der Waals surface area (Å²) in [5.41, 5.74) is 3.27. The van der Waals surface area contributed by atoms with Crippen molar-refractivity contribution >= 4 is 34.0 Å². The summed E-state index contributed by atoms with van der Waals surface area (Å²) in [6.45, 7) is 2.68. The standard InChI is InChI=1S/C23H24N4O2S/c1-2-17-10-6-7-11-19(17)27-15-18(14-21(27)29)22-25-26-23(30-22)24-20(28)13-12-16-8-4-3-5-9-16/h3-11,18H,2,12-15H2,1H3,(H,24,26,28). The number of benzene rings is 2. The molecule has 1 aliphatic heterocycles. The predicted octanol–water partition coefficient (Wildman–Crippen LogP) is 4.19. The summed E-state index contributed by atoms with van der Waals surface area (Å²) in [6, 6.07) is 17.9. The molecule has 0 radical (unpaired) electrons. The highest BCUT2D eigenvalue weighted by molar-refractivity contribution is 7.15. The second-order valence-electron chi connectivity index (χ2n) is 7.37. The summed E-state index contributed by atoms with van der Waals surface area (Å²) in [5, 5.41) is 12.5. The zero-order valence-electron chi connectivity index (χ0n) is 16.9. The minimum Gasteiger partial charge on any atom is -0.311 e. The topological polar surface area (TPSA) is 75.2 Å². The van der Waals surface area contributed by atoms with Crippen LogP contribution in [0.1, 0.15) is 41.8 Å². The van der Waals surface area contributed by atoms with Crippen LogP contribution in [0.2, 0.25) is 0 Å². The fourth-order valence-corrected chi connectivity index (χ4v) is 4.56. The van der Waals surface area contributed by atoms with Gasteiger partial charge in [-0.25, -0.2) is 0 Å². The fraction of sp³-hybridized carbons (Fsp3) is 0.304. The molecule has 0 aliphatic carbocycles. The molecule has 154 valence electrons. The van der Waals surface area contributed by atoms with Gasteiger partial charge in [-0.05, 0) is 30.0 Å². The van der Waals surface area contributed by atoms with Gasteiger partial charge in [0.2, 0.25) is 16.9 Å². The van der Waals surface area contributed by atoms with Crippen LogP contribution in [-0.2, 0) is 22.4 Å². The predicted molar refractivity (Wildman–Crippen MR) is 119 cm³/mol. The number of nitrogens with zero attached hydrogens (tertiary/aromatic N) is 3. The first-order valence-corrected chi connectivity index (χ1v) is 11.0. The number of anilines is 2. The Hall–Kier alpha value is -3.06. The molecule has 1 unspecified atom stereocenters. The third-order valence-corrected chi connectivity index (χ3v) is 6.31. The second-order valence-corrected chi connectivity index (χ2v) is 8.38. The Morgan fingerprint density at radius 1 is 1.13 bits per heavy atom. The number of para-hydroxylation sites is 1. The number of amides is 2. The van der Waals surface area contributed by atoms with Crippen LogP contribution in [0, 0.1) is 0 Å². The number of nitrogens with one attached hydrogen (secondary N) is 1. The van der Waals surface area contributed by atoms with Gasteiger partial charge in [-0.2, -0.15) is 0 Å². The van der Waals surface area contributed by atoms with Crippen LogP contribution in [0.4, 0.5) is 10.8 Å². The lowest BCUT2D eigenvalue weighted by Crippen LogP contribution is -2.25. The van der Waals surface area contributed by atoms with Gasteiger partial charge in [0.05, 0.1) is 0 Å². The monoisotopic (exact) mass is 420 g/mol. The van der Waals surface area contributed by atoms with Gasteiger partial charge in [-0.1, -0.05) is 66.8 Å². The lowest BCUT2D eigenvalue weighted by Gasteiger charge is -2.19. The van der Waals surface area contributed by atoms with E-state index in [1.54, 1.807) is 0 Å². The summed E-state index contributed by atoms with van der Waals surface area (Å²) in [4.78, 5) is 26.7. The van der Waals surface area contributed by atoms with Gasteiger partial charge in [0.15, 0.2) is 0 Å². The van der Waals surface area contributed by atoms with Crippen molar-refractivity contribution < 1.29 is 9.59 Å². The Morgan fingerprint density at radius 3 is 2.70 bits per heavy atom. The SMILES string of the molecule is CCc1ccccc1N1CC(c2nnc(NC(=O)CCc3ccccc3)s2)CC1=O. The molecule has 6 nitrogen and oxygen atoms in total. The smallest absolute Gasteiger partial charge is 0.227 e. The maximum Gasteiger partial charge on any atom is 0.227 e. The minimum atomic E-state index is -0.0810. The summed E-state index contributed by atoms with van der Waals surface area (Å²) in [7, 11) is 0. The molecule has 3 aromatic rings. The molecule has 1 aliphatic rings. The van der Waals surface area contributed by atoms with Crippen LogP contribution in [0.15, 0.2) is 54.6 Å². The number of hydrogen-bond acceptors (Lipinski definition) is 5. The molecule has 7 heteroatoms. The van der Waals surface area contributed by atoms with Crippen LogP contribution in [0.3, 0.4) is 0 Å². The zero-order valence-corrected chi connectivity index (χ0v) is 17.7. The second kappa shape index (κ2) is 9.17. The lowest BCUT2D eigenvalue weighted by atomic mass is 10.1. The van der Waals surface area contributed by atoms with Crippen molar-refractivity contribution in [1.82, 2.24) is 10.2 Å². The Morgan fingerprint density at radius 2 is 1.90 bits per heavy atom. The molecule has 1 atom stereocenters. The normalized spacial score (nSPS) is 16.1. The van der Waals surface area contributed by atoms with E-state index in [1.807, 2.05) is 53.4 Å². The summed E-state index contributed by atoms with van der Waals surface area (Å²) >= 11 is 1.36. The average Bonchev–Trinajstić information content (AvgIpc) is 3.39. The number of carbonyl (C=O) groups is 2. The molecule has 2 aromatic carbocycles. The van der Waals surface area contributed by atoms with E-state index >= 15 is 0 Å². The van der Waals surface area contributed by atoms with E-state index in [-0.39, 0.29) is 17.7 Å². The molecule has 30 heavy (non-hydrogen) atoms. The minimum absolute atomic E-state index is 0.00474. The van der Waals surface area contributed by atoms with E-state index in [0.29, 0.717) is 30.9 Å². The summed E-state index contributed by atoms with van der Waals surface area (Å²) in [5.74, 6) is 0.0157. The molecular weight excluding hydrogens is 396 g/mol. The molecule has 1 saturated heterocycles. The molecule has 2 amide bonds. The lowest BCUT2D eigenvalue weighted by molar-refractivity contribution is -0.117. The van der Waals surface area contributed by atoms with E-state index < -0.39 is 0 Å². The van der Waals surface area contributed by atoms with Crippen LogP contribution >= 0.6 is 11.3 Å². The largest absolute Gasteiger partial charge is 0.311 e. The average molecular weight is 421 g/mol. The van der Waals surface area contributed by atoms with E-state index in [0.717, 1.165) is 28.2 Å². The van der Waals surface area contributed by atoms with Crippen molar-refractivity contribution in [1.29, 1.82) is 0 Å². The highest BCUT2D eigenvalue weighted by Gasteiger charge is 2.34. The van der Waals surface area contributed by atoms with Crippen molar-refractivity contribution in [2.75, 3.05) is 16.8 Å². The number of hydrogen-bond donors (Lipinski definition) is 1. The van der Waals surface area contributed by atoms with Crippen molar-refractivity contribution in [2.45, 2.75) is 38.5 Å². The number of aryl methyl sites for hydroxylation is 2. The first-order chi connectivity index (χ1) is 14.6. The van der Waals surface area contributed by atoms with E-state index in [2.05, 4.69) is 28.5 Å². The molecule has 0 bridgehead atoms. The van der Waals surface area contributed by atoms with Gasteiger partial charge in [0.25, 0.3) is 0 Å². The highest BCUT2D eigenvalue weighted by atomic mass is 32.1. The molecule has 0 saturated carbocycles. The van der Waals surface area contributed by atoms with Crippen molar-refractivity contribution in [3.8, 4) is 0 Å². The fourth-order valence-electron chi connectivity index (χ4n) is 3.71. The third kappa shape index (κ3) is 4.57. The first-order valence-electron chi connectivity index (χ1n) is 10.2. The third-order valence-electron chi connectivity index (χ3n) is 5.31. The molecule has 4 rings (SSSR count). The molecule has 2 heterocycles. The Kier molecular flexibility index (Phi) is 6.18. The van der Waals surface area contributed by atoms with Crippen LogP contribution in [0.25, 0.3) is 0 Å². The number of carbonyl (C=O) groups excluding carboxylic acids is 2. The zero-order chi connectivity index (χ0) is 20.9. The Labute approximate surface area is 180 Å². The quantitative estimate of drug-likeness (QED) is 0.622. The van der Waals surface area contributed by atoms with Crippen molar-refractivity contribution in [3.05, 3.63) is 70.7 Å². The van der Waals surface area contributed by atoms with Crippen molar-refractivity contribution in [2.24, 2.45) is 0 Å². The van der Waals surface area contributed by atoms with Gasteiger partial charge in [0.1, 0.15) is 5.01 Å². The van der Waals surface area contributed by atoms with Crippen LogP contribution < -0.4 is 10.2 Å². The summed E-state index contributed by atoms with van der Waals surface area (Å²) in [6.07, 6.45) is 2.36. The van der Waals surface area contributed by atoms with Gasteiger partial charge in [-0.15, -0.1) is 10.2 Å². The Bertz CT molecular complexity index is 1030. The van der Waals surface area contributed by atoms with E-state index in [9.17, 15) is 9.59 Å². The summed E-state index contributed by atoms with van der Waals surface area (Å²) < 4.78 is 0.